The Morgan fingerprint density at radius 1 is 0.750 bits per heavy atom. The van der Waals surface area contributed by atoms with Crippen LogP contribution in [0.4, 0.5) is 5.69 Å². The van der Waals surface area contributed by atoms with Gasteiger partial charge in [-0.05, 0) is 28.3 Å². The van der Waals surface area contributed by atoms with Crippen LogP contribution in [-0.4, -0.2) is 0 Å². The first-order valence-corrected chi connectivity index (χ1v) is 7.46. The molecule has 96 valence electrons. The first kappa shape index (κ1) is 11.5. The number of hydrogen-bond donors (Lipinski definition) is 1. The molecule has 0 saturated carbocycles. The average Bonchev–Trinajstić information content (AvgIpc) is 2.91. The van der Waals surface area contributed by atoms with Crippen LogP contribution in [0, 0.1) is 0 Å². The summed E-state index contributed by atoms with van der Waals surface area (Å²) in [6, 6.07) is 21.0. The third-order valence-electron chi connectivity index (χ3n) is 3.71. The molecule has 1 heterocycles. The van der Waals surface area contributed by atoms with E-state index in [4.69, 9.17) is 5.73 Å². The number of fused-ring (bicyclic) bond motifs is 2. The molecule has 3 aromatic carbocycles. The van der Waals surface area contributed by atoms with Crippen molar-refractivity contribution in [2.75, 3.05) is 5.73 Å². The summed E-state index contributed by atoms with van der Waals surface area (Å²) in [5, 5.41) is 5.94. The number of nitrogens with two attached hydrogens (primary N) is 1. The Morgan fingerprint density at radius 3 is 2.40 bits per heavy atom. The van der Waals surface area contributed by atoms with Crippen molar-refractivity contribution in [2.24, 2.45) is 0 Å². The first-order valence-electron chi connectivity index (χ1n) is 6.58. The van der Waals surface area contributed by atoms with Gasteiger partial charge < -0.3 is 5.73 Å². The molecule has 0 spiro atoms. The minimum Gasteiger partial charge on any atom is -0.398 e. The standard InChI is InChI=1S/C18H13NS/c19-16-10-9-12-5-1-2-6-13(12)18(16)15-11-20-17-8-4-3-7-14(15)17/h1-11H,19H2. The van der Waals surface area contributed by atoms with Gasteiger partial charge >= 0.3 is 0 Å². The molecule has 0 unspecified atom stereocenters. The van der Waals surface area contributed by atoms with Crippen LogP contribution in [-0.2, 0) is 0 Å². The Bertz CT molecular complexity index is 921. The minimum atomic E-state index is 0.840. The summed E-state index contributed by atoms with van der Waals surface area (Å²) in [5.41, 5.74) is 9.50. The lowest BCUT2D eigenvalue weighted by molar-refractivity contribution is 1.70. The molecule has 0 aliphatic heterocycles. The number of hydrogen-bond acceptors (Lipinski definition) is 2. The maximum atomic E-state index is 6.27. The Hall–Kier alpha value is -2.32. The summed E-state index contributed by atoms with van der Waals surface area (Å²) in [5.74, 6) is 0. The molecule has 1 aromatic heterocycles. The summed E-state index contributed by atoms with van der Waals surface area (Å²) >= 11 is 1.77. The van der Waals surface area contributed by atoms with E-state index < -0.39 is 0 Å². The average molecular weight is 275 g/mol. The molecule has 0 aliphatic carbocycles. The smallest absolute Gasteiger partial charge is 0.0400 e. The van der Waals surface area contributed by atoms with E-state index >= 15 is 0 Å². The highest BCUT2D eigenvalue weighted by Crippen LogP contribution is 2.40. The number of nitrogen functional groups attached to an aromatic ring is 1. The van der Waals surface area contributed by atoms with Gasteiger partial charge in [-0.15, -0.1) is 11.3 Å². The van der Waals surface area contributed by atoms with E-state index in [1.807, 2.05) is 6.07 Å². The molecular weight excluding hydrogens is 262 g/mol. The van der Waals surface area contributed by atoms with E-state index in [2.05, 4.69) is 60.0 Å². The van der Waals surface area contributed by atoms with Crippen molar-refractivity contribution in [1.29, 1.82) is 0 Å². The predicted molar refractivity (Wildman–Crippen MR) is 89.2 cm³/mol. The van der Waals surface area contributed by atoms with Gasteiger partial charge in [-0.2, -0.15) is 0 Å². The molecule has 2 N–H and O–H groups in total. The predicted octanol–water partition coefficient (Wildman–Crippen LogP) is 5.30. The van der Waals surface area contributed by atoms with E-state index in [1.165, 1.54) is 26.4 Å². The second-order valence-corrected chi connectivity index (χ2v) is 5.81. The molecule has 4 aromatic rings. The van der Waals surface area contributed by atoms with Crippen LogP contribution < -0.4 is 5.73 Å². The van der Waals surface area contributed by atoms with Crippen LogP contribution in [0.3, 0.4) is 0 Å². The van der Waals surface area contributed by atoms with Crippen LogP contribution in [0.2, 0.25) is 0 Å². The molecule has 0 saturated heterocycles. The zero-order valence-corrected chi connectivity index (χ0v) is 11.7. The summed E-state index contributed by atoms with van der Waals surface area (Å²) in [6.45, 7) is 0. The number of rotatable bonds is 1. The molecular formula is C18H13NS. The van der Waals surface area contributed by atoms with E-state index in [0.717, 1.165) is 11.3 Å². The van der Waals surface area contributed by atoms with Crippen molar-refractivity contribution < 1.29 is 0 Å². The summed E-state index contributed by atoms with van der Waals surface area (Å²) < 4.78 is 1.30. The molecule has 0 aliphatic rings. The topological polar surface area (TPSA) is 26.0 Å². The minimum absolute atomic E-state index is 0.840. The van der Waals surface area contributed by atoms with Gasteiger partial charge in [-0.1, -0.05) is 48.5 Å². The van der Waals surface area contributed by atoms with Gasteiger partial charge in [0.25, 0.3) is 0 Å². The van der Waals surface area contributed by atoms with E-state index in [0.29, 0.717) is 0 Å². The molecule has 0 amide bonds. The van der Waals surface area contributed by atoms with Gasteiger partial charge in [0.1, 0.15) is 0 Å². The van der Waals surface area contributed by atoms with Gasteiger partial charge in [0.05, 0.1) is 0 Å². The van der Waals surface area contributed by atoms with Gasteiger partial charge in [0.15, 0.2) is 0 Å². The highest BCUT2D eigenvalue weighted by molar-refractivity contribution is 7.17. The third kappa shape index (κ3) is 1.62. The fraction of sp³-hybridized carbons (Fsp3) is 0. The van der Waals surface area contributed by atoms with E-state index in [-0.39, 0.29) is 0 Å². The summed E-state index contributed by atoms with van der Waals surface area (Å²) in [6.07, 6.45) is 0. The zero-order chi connectivity index (χ0) is 13.5. The van der Waals surface area contributed by atoms with Crippen molar-refractivity contribution in [3.8, 4) is 11.1 Å². The monoisotopic (exact) mass is 275 g/mol. The maximum absolute atomic E-state index is 6.27. The second-order valence-electron chi connectivity index (χ2n) is 4.90. The number of benzene rings is 3. The van der Waals surface area contributed by atoms with E-state index in [9.17, 15) is 0 Å². The lowest BCUT2D eigenvalue weighted by Gasteiger charge is -2.09. The van der Waals surface area contributed by atoms with Gasteiger partial charge in [0, 0.05) is 26.9 Å². The normalized spacial score (nSPS) is 11.2. The van der Waals surface area contributed by atoms with Crippen LogP contribution in [0.25, 0.3) is 32.0 Å². The van der Waals surface area contributed by atoms with Gasteiger partial charge in [0.2, 0.25) is 0 Å². The number of anilines is 1. The Labute approximate surface area is 121 Å². The molecule has 20 heavy (non-hydrogen) atoms. The quantitative estimate of drug-likeness (QED) is 0.468. The van der Waals surface area contributed by atoms with Crippen molar-refractivity contribution in [3.05, 3.63) is 66.0 Å². The number of thiophene rings is 1. The molecule has 0 bridgehead atoms. The lowest BCUT2D eigenvalue weighted by Crippen LogP contribution is -1.90. The van der Waals surface area contributed by atoms with E-state index in [1.54, 1.807) is 11.3 Å². The zero-order valence-electron chi connectivity index (χ0n) is 10.8. The van der Waals surface area contributed by atoms with Crippen molar-refractivity contribution >= 4 is 37.9 Å². The SMILES string of the molecule is Nc1ccc2ccccc2c1-c1csc2ccccc12. The molecule has 4 rings (SSSR count). The molecule has 0 fully saturated rings. The molecule has 1 nitrogen and oxygen atoms in total. The third-order valence-corrected chi connectivity index (χ3v) is 4.68. The van der Waals surface area contributed by atoms with Crippen molar-refractivity contribution in [1.82, 2.24) is 0 Å². The van der Waals surface area contributed by atoms with Crippen LogP contribution in [0.5, 0.6) is 0 Å². The fourth-order valence-corrected chi connectivity index (χ4v) is 3.71. The molecule has 0 radical (unpaired) electrons. The second kappa shape index (κ2) is 4.36. The van der Waals surface area contributed by atoms with Crippen molar-refractivity contribution in [2.45, 2.75) is 0 Å². The largest absolute Gasteiger partial charge is 0.398 e. The Balaban J connectivity index is 2.14. The first-order chi connectivity index (χ1) is 9.84. The van der Waals surface area contributed by atoms with Crippen LogP contribution in [0.15, 0.2) is 66.0 Å². The van der Waals surface area contributed by atoms with Gasteiger partial charge in [-0.3, -0.25) is 0 Å². The summed E-state index contributed by atoms with van der Waals surface area (Å²) in [4.78, 5) is 0. The fourth-order valence-electron chi connectivity index (χ4n) is 2.76. The molecule has 0 atom stereocenters. The highest BCUT2D eigenvalue weighted by Gasteiger charge is 2.12. The van der Waals surface area contributed by atoms with Crippen molar-refractivity contribution in [3.63, 3.8) is 0 Å². The lowest BCUT2D eigenvalue weighted by atomic mass is 9.96. The maximum Gasteiger partial charge on any atom is 0.0400 e. The highest BCUT2D eigenvalue weighted by atomic mass is 32.1. The summed E-state index contributed by atoms with van der Waals surface area (Å²) in [7, 11) is 0. The van der Waals surface area contributed by atoms with Gasteiger partial charge in [-0.25, -0.2) is 0 Å². The Morgan fingerprint density at radius 2 is 1.50 bits per heavy atom. The Kier molecular flexibility index (Phi) is 2.51. The van der Waals surface area contributed by atoms with Crippen LogP contribution in [0.1, 0.15) is 0 Å². The molecule has 2 heteroatoms. The van der Waals surface area contributed by atoms with Crippen LogP contribution >= 0.6 is 11.3 Å².